The summed E-state index contributed by atoms with van der Waals surface area (Å²) in [5.74, 6) is 0.493. The number of ether oxygens (including phenoxy) is 3. The van der Waals surface area contributed by atoms with E-state index in [0.717, 1.165) is 16.7 Å². The number of hydrogen-bond donors (Lipinski definition) is 2. The minimum absolute atomic E-state index is 0.260. The quantitative estimate of drug-likeness (QED) is 0.257. The molecule has 10 heteroatoms. The third-order valence-electron chi connectivity index (χ3n) is 5.51. The number of rotatable bonds is 7. The summed E-state index contributed by atoms with van der Waals surface area (Å²) < 4.78 is 16.7. The van der Waals surface area contributed by atoms with Gasteiger partial charge in [0.2, 0.25) is 0 Å². The molecular weight excluding hydrogens is 543 g/mol. The highest BCUT2D eigenvalue weighted by molar-refractivity contribution is 7.80. The van der Waals surface area contributed by atoms with Gasteiger partial charge in [-0.25, -0.2) is 4.79 Å². The van der Waals surface area contributed by atoms with Crippen LogP contribution >= 0.6 is 47.0 Å². The smallest absolute Gasteiger partial charge is 0.338 e. The molecule has 0 fully saturated rings. The average Bonchev–Trinajstić information content (AvgIpc) is 2.88. The number of hydrogen-bond acceptors (Lipinski definition) is 5. The van der Waals surface area contributed by atoms with Crippen LogP contribution < -0.4 is 20.1 Å². The number of nitrogens with one attached hydrogen (secondary N) is 2. The molecule has 0 spiro atoms. The summed E-state index contributed by atoms with van der Waals surface area (Å²) in [5, 5.41) is 8.11. The van der Waals surface area contributed by atoms with Crippen molar-refractivity contribution in [3.05, 3.63) is 98.0 Å². The van der Waals surface area contributed by atoms with Gasteiger partial charge in [0.05, 0.1) is 41.6 Å². The molecule has 1 heterocycles. The standard InChI is InChI=1S/C26H21Cl3N2O4S/c1-33-21-12-16(6-10-20(21)35-13-14-3-9-18(28)19(29)11-14)24-22(25(32)34-2)23(30-26(36)31-24)15-4-7-17(27)8-5-15/h3-12,24H,13H2,1-2H3,(H2,30,31,36)/t24-/m0/s1. The Balaban J connectivity index is 1.69. The zero-order valence-electron chi connectivity index (χ0n) is 19.2. The van der Waals surface area contributed by atoms with E-state index in [9.17, 15) is 4.79 Å². The van der Waals surface area contributed by atoms with E-state index in [1.165, 1.54) is 7.11 Å². The van der Waals surface area contributed by atoms with Crippen molar-refractivity contribution >= 4 is 63.8 Å². The number of benzene rings is 3. The zero-order chi connectivity index (χ0) is 25.8. The Bertz CT molecular complexity index is 1350. The van der Waals surface area contributed by atoms with E-state index in [1.807, 2.05) is 12.1 Å². The highest BCUT2D eigenvalue weighted by Gasteiger charge is 2.33. The minimum atomic E-state index is -0.602. The van der Waals surface area contributed by atoms with Crippen LogP contribution in [0.4, 0.5) is 0 Å². The Hall–Kier alpha value is -2.97. The van der Waals surface area contributed by atoms with Gasteiger partial charge in [0.25, 0.3) is 0 Å². The number of methoxy groups -OCH3 is 2. The van der Waals surface area contributed by atoms with Crippen LogP contribution in [0, 0.1) is 0 Å². The molecule has 1 atom stereocenters. The van der Waals surface area contributed by atoms with E-state index in [0.29, 0.717) is 42.9 Å². The largest absolute Gasteiger partial charge is 0.493 e. The van der Waals surface area contributed by atoms with Crippen LogP contribution in [0.15, 0.2) is 66.2 Å². The molecular formula is C26H21Cl3N2O4S. The summed E-state index contributed by atoms with van der Waals surface area (Å²) in [4.78, 5) is 12.9. The summed E-state index contributed by atoms with van der Waals surface area (Å²) in [6, 6.07) is 17.2. The SMILES string of the molecule is COC(=O)C1=C(c2ccc(Cl)cc2)NC(=S)N[C@H]1c1ccc(OCc2ccc(Cl)c(Cl)c2)c(OC)c1. The normalized spacial score (nSPS) is 15.1. The Morgan fingerprint density at radius 1 is 0.944 bits per heavy atom. The third-order valence-corrected chi connectivity index (χ3v) is 6.72. The van der Waals surface area contributed by atoms with Crippen LogP contribution in [0.3, 0.4) is 0 Å². The van der Waals surface area contributed by atoms with Gasteiger partial charge < -0.3 is 24.8 Å². The monoisotopic (exact) mass is 562 g/mol. The minimum Gasteiger partial charge on any atom is -0.493 e. The van der Waals surface area contributed by atoms with E-state index in [-0.39, 0.29) is 6.61 Å². The predicted molar refractivity (Wildman–Crippen MR) is 146 cm³/mol. The lowest BCUT2D eigenvalue weighted by Crippen LogP contribution is -2.45. The van der Waals surface area contributed by atoms with Gasteiger partial charge in [0.15, 0.2) is 16.6 Å². The van der Waals surface area contributed by atoms with Crippen molar-refractivity contribution in [2.75, 3.05) is 14.2 Å². The molecule has 0 amide bonds. The van der Waals surface area contributed by atoms with Crippen LogP contribution in [0.2, 0.25) is 15.1 Å². The summed E-state index contributed by atoms with van der Waals surface area (Å²) in [5.41, 5.74) is 3.21. The highest BCUT2D eigenvalue weighted by atomic mass is 35.5. The molecule has 0 unspecified atom stereocenters. The van der Waals surface area contributed by atoms with Crippen LogP contribution in [-0.2, 0) is 16.1 Å². The van der Waals surface area contributed by atoms with Gasteiger partial charge in [-0.15, -0.1) is 0 Å². The molecule has 3 aromatic carbocycles. The van der Waals surface area contributed by atoms with Crippen molar-refractivity contribution in [1.82, 2.24) is 10.6 Å². The average molecular weight is 564 g/mol. The summed E-state index contributed by atoms with van der Waals surface area (Å²) in [6.07, 6.45) is 0. The van der Waals surface area contributed by atoms with Crippen molar-refractivity contribution in [2.24, 2.45) is 0 Å². The number of halogens is 3. The summed E-state index contributed by atoms with van der Waals surface area (Å²) >= 11 is 23.6. The van der Waals surface area contributed by atoms with Gasteiger partial charge in [-0.1, -0.05) is 59.1 Å². The fourth-order valence-electron chi connectivity index (χ4n) is 3.76. The molecule has 0 radical (unpaired) electrons. The van der Waals surface area contributed by atoms with Crippen LogP contribution in [0.1, 0.15) is 22.7 Å². The van der Waals surface area contributed by atoms with Gasteiger partial charge in [0.1, 0.15) is 6.61 Å². The van der Waals surface area contributed by atoms with E-state index in [1.54, 1.807) is 55.6 Å². The molecule has 4 rings (SSSR count). The molecule has 0 aromatic heterocycles. The topological polar surface area (TPSA) is 68.8 Å². The molecule has 36 heavy (non-hydrogen) atoms. The van der Waals surface area contributed by atoms with Crippen molar-refractivity contribution in [2.45, 2.75) is 12.6 Å². The third kappa shape index (κ3) is 5.71. The number of carbonyl (C=O) groups excluding carboxylic acids is 1. The lowest BCUT2D eigenvalue weighted by atomic mass is 9.92. The Labute approximate surface area is 229 Å². The number of esters is 1. The van der Waals surface area contributed by atoms with Gasteiger partial charge in [0, 0.05) is 5.02 Å². The maximum absolute atomic E-state index is 12.9. The van der Waals surface area contributed by atoms with Crippen molar-refractivity contribution < 1.29 is 19.0 Å². The van der Waals surface area contributed by atoms with E-state index in [4.69, 9.17) is 61.2 Å². The predicted octanol–water partition coefficient (Wildman–Crippen LogP) is 6.34. The molecule has 0 bridgehead atoms. The Morgan fingerprint density at radius 2 is 1.69 bits per heavy atom. The Kier molecular flexibility index (Phi) is 8.26. The van der Waals surface area contributed by atoms with Gasteiger partial charge >= 0.3 is 5.97 Å². The lowest BCUT2D eigenvalue weighted by molar-refractivity contribution is -0.136. The van der Waals surface area contributed by atoms with E-state index < -0.39 is 12.0 Å². The Morgan fingerprint density at radius 3 is 2.36 bits per heavy atom. The number of carbonyl (C=O) groups is 1. The van der Waals surface area contributed by atoms with E-state index in [2.05, 4.69) is 10.6 Å². The fourth-order valence-corrected chi connectivity index (χ4v) is 4.43. The molecule has 0 saturated carbocycles. The summed E-state index contributed by atoms with van der Waals surface area (Å²) in [7, 11) is 2.88. The first kappa shape index (κ1) is 26.1. The molecule has 3 aromatic rings. The second-order valence-corrected chi connectivity index (χ2v) is 9.43. The maximum atomic E-state index is 12.9. The first-order valence-electron chi connectivity index (χ1n) is 10.7. The molecule has 186 valence electrons. The maximum Gasteiger partial charge on any atom is 0.338 e. The van der Waals surface area contributed by atoms with Crippen molar-refractivity contribution in [1.29, 1.82) is 0 Å². The first-order chi connectivity index (χ1) is 17.3. The van der Waals surface area contributed by atoms with Crippen molar-refractivity contribution in [3.8, 4) is 11.5 Å². The highest BCUT2D eigenvalue weighted by Crippen LogP contribution is 2.37. The molecule has 0 aliphatic carbocycles. The van der Waals surface area contributed by atoms with Crippen LogP contribution in [0.5, 0.6) is 11.5 Å². The van der Waals surface area contributed by atoms with Gasteiger partial charge in [-0.3, -0.25) is 0 Å². The van der Waals surface area contributed by atoms with Crippen LogP contribution in [0.25, 0.3) is 5.70 Å². The van der Waals surface area contributed by atoms with E-state index >= 15 is 0 Å². The fraction of sp³-hybridized carbons (Fsp3) is 0.154. The van der Waals surface area contributed by atoms with Crippen LogP contribution in [-0.4, -0.2) is 25.3 Å². The molecule has 0 saturated heterocycles. The molecule has 2 N–H and O–H groups in total. The van der Waals surface area contributed by atoms with Gasteiger partial charge in [-0.2, -0.15) is 0 Å². The first-order valence-corrected chi connectivity index (χ1v) is 12.3. The molecule has 6 nitrogen and oxygen atoms in total. The lowest BCUT2D eigenvalue weighted by Gasteiger charge is -2.31. The number of thiocarbonyl (C=S) groups is 1. The molecule has 1 aliphatic heterocycles. The van der Waals surface area contributed by atoms with Gasteiger partial charge in [-0.05, 0) is 65.3 Å². The summed E-state index contributed by atoms with van der Waals surface area (Å²) in [6.45, 7) is 0.260. The molecule has 1 aliphatic rings. The second kappa shape index (κ2) is 11.4. The second-order valence-electron chi connectivity index (χ2n) is 7.77. The van der Waals surface area contributed by atoms with Crippen molar-refractivity contribution in [3.63, 3.8) is 0 Å². The zero-order valence-corrected chi connectivity index (χ0v) is 22.3.